The van der Waals surface area contributed by atoms with E-state index in [0.29, 0.717) is 18.6 Å². The molecule has 4 nitrogen and oxygen atoms in total. The van der Waals surface area contributed by atoms with E-state index in [9.17, 15) is 18.3 Å². The molecule has 27 heavy (non-hydrogen) atoms. The quantitative estimate of drug-likeness (QED) is 0.844. The zero-order valence-electron chi connectivity index (χ0n) is 16.0. The zero-order chi connectivity index (χ0) is 19.4. The molecule has 0 radical (unpaired) electrons. The van der Waals surface area contributed by atoms with Gasteiger partial charge >= 0.3 is 6.18 Å². The van der Waals surface area contributed by atoms with Crippen molar-refractivity contribution >= 4 is 0 Å². The molecule has 0 aromatic heterocycles. The van der Waals surface area contributed by atoms with Crippen molar-refractivity contribution in [1.29, 1.82) is 0 Å². The summed E-state index contributed by atoms with van der Waals surface area (Å²) in [7, 11) is 2.16. The number of hydrogen-bond donors (Lipinski definition) is 1. The van der Waals surface area contributed by atoms with Gasteiger partial charge in [0.05, 0.1) is 5.56 Å². The molecule has 1 N–H and O–H groups in total. The van der Waals surface area contributed by atoms with Gasteiger partial charge in [-0.25, -0.2) is 0 Å². The topological polar surface area (TPSA) is 30.0 Å². The third-order valence-electron chi connectivity index (χ3n) is 5.92. The van der Waals surface area contributed by atoms with Crippen LogP contribution in [0.4, 0.5) is 13.2 Å². The van der Waals surface area contributed by atoms with Gasteiger partial charge in [0.15, 0.2) is 0 Å². The molecule has 0 saturated carbocycles. The van der Waals surface area contributed by atoms with Gasteiger partial charge in [0, 0.05) is 44.9 Å². The first kappa shape index (κ1) is 20.6. The van der Waals surface area contributed by atoms with Crippen LogP contribution in [-0.2, 0) is 12.7 Å². The van der Waals surface area contributed by atoms with E-state index in [0.717, 1.165) is 69.7 Å². The molecule has 2 saturated heterocycles. The van der Waals surface area contributed by atoms with Crippen LogP contribution in [0.25, 0.3) is 0 Å². The largest absolute Gasteiger partial charge is 0.416 e. The Hall–Kier alpha value is -1.15. The van der Waals surface area contributed by atoms with Crippen LogP contribution in [0.3, 0.4) is 0 Å². The Morgan fingerprint density at radius 2 is 1.70 bits per heavy atom. The van der Waals surface area contributed by atoms with Gasteiger partial charge in [-0.05, 0) is 57.1 Å². The molecule has 0 aliphatic carbocycles. The number of halogens is 3. The maximum atomic E-state index is 12.7. The number of aliphatic hydroxyl groups is 1. The van der Waals surface area contributed by atoms with E-state index in [1.807, 2.05) is 0 Å². The van der Waals surface area contributed by atoms with Crippen LogP contribution in [0.5, 0.6) is 0 Å². The van der Waals surface area contributed by atoms with E-state index in [1.54, 1.807) is 12.1 Å². The molecule has 0 bridgehead atoms. The molecule has 0 amide bonds. The minimum absolute atomic E-state index is 0.169. The fraction of sp³-hybridized carbons (Fsp3) is 0.700. The van der Waals surface area contributed by atoms with Gasteiger partial charge < -0.3 is 10.0 Å². The molecule has 1 aromatic rings. The third kappa shape index (κ3) is 5.44. The predicted molar refractivity (Wildman–Crippen MR) is 99.4 cm³/mol. The molecule has 1 aromatic carbocycles. The van der Waals surface area contributed by atoms with Crippen molar-refractivity contribution < 1.29 is 18.3 Å². The molecular weight excluding hydrogens is 355 g/mol. The number of benzene rings is 1. The van der Waals surface area contributed by atoms with Gasteiger partial charge in [0.2, 0.25) is 0 Å². The molecule has 152 valence electrons. The molecular formula is C20H30F3N3O. The van der Waals surface area contributed by atoms with Crippen LogP contribution in [-0.4, -0.2) is 78.3 Å². The highest BCUT2D eigenvalue weighted by molar-refractivity contribution is 5.24. The molecule has 2 aliphatic rings. The summed E-state index contributed by atoms with van der Waals surface area (Å²) in [6, 6.07) is 6.36. The van der Waals surface area contributed by atoms with Crippen LogP contribution < -0.4 is 0 Å². The van der Waals surface area contributed by atoms with E-state index < -0.39 is 11.7 Å². The van der Waals surface area contributed by atoms with Crippen molar-refractivity contribution in [3.05, 3.63) is 35.4 Å². The molecule has 2 aliphatic heterocycles. The van der Waals surface area contributed by atoms with Gasteiger partial charge in [-0.2, -0.15) is 13.2 Å². The van der Waals surface area contributed by atoms with Crippen molar-refractivity contribution in [3.63, 3.8) is 0 Å². The minimum atomic E-state index is -4.29. The average molecular weight is 385 g/mol. The Balaban J connectivity index is 1.59. The maximum Gasteiger partial charge on any atom is 0.416 e. The summed E-state index contributed by atoms with van der Waals surface area (Å²) in [4.78, 5) is 7.22. The standard InChI is InChI=1S/C20H30F3N3O/c1-24-9-6-18(7-10-24)26-12-11-25(15-19(26)8-13-27)14-16-2-4-17(5-3-16)20(21,22)23/h2-5,18-19,27H,6-15H2,1H3/t19-/m0/s1. The van der Waals surface area contributed by atoms with Crippen LogP contribution in [0.2, 0.25) is 0 Å². The zero-order valence-corrected chi connectivity index (χ0v) is 16.0. The number of likely N-dealkylation sites (tertiary alicyclic amines) is 1. The predicted octanol–water partition coefficient (Wildman–Crippen LogP) is 2.67. The van der Waals surface area contributed by atoms with Crippen LogP contribution in [0, 0.1) is 0 Å². The Morgan fingerprint density at radius 3 is 2.30 bits per heavy atom. The van der Waals surface area contributed by atoms with Gasteiger partial charge in [-0.15, -0.1) is 0 Å². The van der Waals surface area contributed by atoms with E-state index in [-0.39, 0.29) is 6.61 Å². The van der Waals surface area contributed by atoms with Gasteiger partial charge in [-0.1, -0.05) is 12.1 Å². The molecule has 2 heterocycles. The molecule has 3 rings (SSSR count). The molecule has 0 unspecified atom stereocenters. The summed E-state index contributed by atoms with van der Waals surface area (Å²) in [5.41, 5.74) is 0.301. The van der Waals surface area contributed by atoms with Crippen molar-refractivity contribution in [2.75, 3.05) is 46.4 Å². The van der Waals surface area contributed by atoms with E-state index in [2.05, 4.69) is 21.7 Å². The fourth-order valence-electron chi connectivity index (χ4n) is 4.35. The number of aliphatic hydroxyl groups excluding tert-OH is 1. The SMILES string of the molecule is CN1CCC(N2CCN(Cc3ccc(C(F)(F)F)cc3)C[C@@H]2CCO)CC1. The third-order valence-corrected chi connectivity index (χ3v) is 5.92. The summed E-state index contributed by atoms with van der Waals surface area (Å²) >= 11 is 0. The van der Waals surface area contributed by atoms with E-state index in [4.69, 9.17) is 0 Å². The Kier molecular flexibility index (Phi) is 6.78. The summed E-state index contributed by atoms with van der Waals surface area (Å²) in [5.74, 6) is 0. The van der Waals surface area contributed by atoms with Crippen LogP contribution in [0.15, 0.2) is 24.3 Å². The molecule has 0 spiro atoms. The first-order valence-corrected chi connectivity index (χ1v) is 9.80. The second-order valence-corrected chi connectivity index (χ2v) is 7.87. The number of piperazine rings is 1. The fourth-order valence-corrected chi connectivity index (χ4v) is 4.35. The molecule has 2 fully saturated rings. The molecule has 1 atom stereocenters. The summed E-state index contributed by atoms with van der Waals surface area (Å²) < 4.78 is 38.1. The second kappa shape index (κ2) is 8.90. The second-order valence-electron chi connectivity index (χ2n) is 7.87. The average Bonchev–Trinajstić information content (AvgIpc) is 2.63. The lowest BCUT2D eigenvalue weighted by atomic mass is 9.98. The number of rotatable bonds is 5. The number of nitrogens with zero attached hydrogens (tertiary/aromatic N) is 3. The maximum absolute atomic E-state index is 12.7. The minimum Gasteiger partial charge on any atom is -0.396 e. The van der Waals surface area contributed by atoms with Crippen LogP contribution in [0.1, 0.15) is 30.4 Å². The first-order valence-electron chi connectivity index (χ1n) is 9.80. The lowest BCUT2D eigenvalue weighted by Crippen LogP contribution is -2.58. The van der Waals surface area contributed by atoms with Gasteiger partial charge in [-0.3, -0.25) is 9.80 Å². The smallest absolute Gasteiger partial charge is 0.396 e. The van der Waals surface area contributed by atoms with E-state index >= 15 is 0 Å². The number of alkyl halides is 3. The monoisotopic (exact) mass is 385 g/mol. The van der Waals surface area contributed by atoms with Crippen LogP contribution >= 0.6 is 0 Å². The summed E-state index contributed by atoms with van der Waals surface area (Å²) in [5, 5.41) is 9.50. The lowest BCUT2D eigenvalue weighted by molar-refractivity contribution is -0.137. The number of hydrogen-bond acceptors (Lipinski definition) is 4. The number of piperidine rings is 1. The van der Waals surface area contributed by atoms with Crippen molar-refractivity contribution in [1.82, 2.24) is 14.7 Å². The lowest BCUT2D eigenvalue weighted by Gasteiger charge is -2.47. The Morgan fingerprint density at radius 1 is 1.04 bits per heavy atom. The van der Waals surface area contributed by atoms with E-state index in [1.165, 1.54) is 0 Å². The van der Waals surface area contributed by atoms with Crippen molar-refractivity contribution in [3.8, 4) is 0 Å². The summed E-state index contributed by atoms with van der Waals surface area (Å²) in [6.07, 6.45) is -1.21. The van der Waals surface area contributed by atoms with Crippen molar-refractivity contribution in [2.45, 2.75) is 44.1 Å². The van der Waals surface area contributed by atoms with Gasteiger partial charge in [0.1, 0.15) is 0 Å². The first-order chi connectivity index (χ1) is 12.9. The highest BCUT2D eigenvalue weighted by Crippen LogP contribution is 2.29. The summed E-state index contributed by atoms with van der Waals surface area (Å²) in [6.45, 7) is 5.77. The normalized spacial score (nSPS) is 24.4. The van der Waals surface area contributed by atoms with Crippen molar-refractivity contribution in [2.24, 2.45) is 0 Å². The highest BCUT2D eigenvalue weighted by atomic mass is 19.4. The Bertz CT molecular complexity index is 585. The highest BCUT2D eigenvalue weighted by Gasteiger charge is 2.33. The molecule has 7 heteroatoms. The van der Waals surface area contributed by atoms with Gasteiger partial charge in [0.25, 0.3) is 0 Å². The Labute approximate surface area is 159 Å².